The Morgan fingerprint density at radius 3 is 2.53 bits per heavy atom. The quantitative estimate of drug-likeness (QED) is 0.213. The standard InChI is InChI=1S/C30H35N9O4/c1-6-27(40)33-20-16-21(25(43-5)17-23(20)37(4)14-13-36(2)3)34-29-32-12-11-26(35-29)39-22-10-7-18(28(31)41)15-24(22)38(30(39)42)19-8-9-19/h6-7,10-12,15-17,19H,1,8-9,13-14H2,2-5H3,(H2,31,41)(H,33,40)(H,32,34,35). The zero-order valence-corrected chi connectivity index (χ0v) is 24.6. The van der Waals surface area contributed by atoms with Gasteiger partial charge in [-0.1, -0.05) is 6.58 Å². The van der Waals surface area contributed by atoms with E-state index in [0.29, 0.717) is 46.1 Å². The molecule has 0 radical (unpaired) electrons. The molecule has 13 heteroatoms. The summed E-state index contributed by atoms with van der Waals surface area (Å²) < 4.78 is 8.89. The molecule has 0 atom stereocenters. The lowest BCUT2D eigenvalue weighted by molar-refractivity contribution is -0.111. The number of carbonyl (C=O) groups excluding carboxylic acids is 2. The van der Waals surface area contributed by atoms with Gasteiger partial charge in [-0.2, -0.15) is 4.98 Å². The minimum atomic E-state index is -0.564. The number of methoxy groups -OCH3 is 1. The maximum Gasteiger partial charge on any atom is 0.335 e. The molecule has 5 rings (SSSR count). The molecule has 224 valence electrons. The van der Waals surface area contributed by atoms with Gasteiger partial charge < -0.3 is 30.9 Å². The number of hydrogen-bond acceptors (Lipinski definition) is 9. The third kappa shape index (κ3) is 6.06. The Balaban J connectivity index is 1.55. The molecule has 43 heavy (non-hydrogen) atoms. The highest BCUT2D eigenvalue weighted by atomic mass is 16.5. The van der Waals surface area contributed by atoms with Crippen LogP contribution in [0.5, 0.6) is 5.75 Å². The molecule has 0 spiro atoms. The fourth-order valence-electron chi connectivity index (χ4n) is 4.84. The van der Waals surface area contributed by atoms with Crippen LogP contribution in [0.4, 0.5) is 23.0 Å². The first-order chi connectivity index (χ1) is 20.6. The number of aromatic nitrogens is 4. The van der Waals surface area contributed by atoms with Crippen molar-refractivity contribution in [3.63, 3.8) is 0 Å². The van der Waals surface area contributed by atoms with Gasteiger partial charge in [-0.15, -0.1) is 0 Å². The number of anilines is 4. The van der Waals surface area contributed by atoms with Crippen molar-refractivity contribution in [2.45, 2.75) is 18.9 Å². The summed E-state index contributed by atoms with van der Waals surface area (Å²) in [6, 6.07) is 10.2. The Bertz CT molecular complexity index is 1770. The van der Waals surface area contributed by atoms with Crippen LogP contribution in [0, 0.1) is 0 Å². The molecule has 13 nitrogen and oxygen atoms in total. The predicted molar refractivity (Wildman–Crippen MR) is 167 cm³/mol. The van der Waals surface area contributed by atoms with Crippen LogP contribution in [0.15, 0.2) is 60.0 Å². The number of likely N-dealkylation sites (N-methyl/N-ethyl adjacent to an activating group) is 2. The summed E-state index contributed by atoms with van der Waals surface area (Å²) in [5.41, 5.74) is 8.59. The summed E-state index contributed by atoms with van der Waals surface area (Å²) in [5.74, 6) is 0.128. The third-order valence-corrected chi connectivity index (χ3v) is 7.24. The highest BCUT2D eigenvalue weighted by Gasteiger charge is 2.30. The van der Waals surface area contributed by atoms with Gasteiger partial charge in [-0.05, 0) is 57.3 Å². The normalized spacial score (nSPS) is 12.8. The van der Waals surface area contributed by atoms with Gasteiger partial charge in [0.25, 0.3) is 0 Å². The number of nitrogens with zero attached hydrogens (tertiary/aromatic N) is 6. The Labute approximate surface area is 248 Å². The first-order valence-corrected chi connectivity index (χ1v) is 13.8. The number of nitrogens with two attached hydrogens (primary N) is 1. The molecule has 1 aliphatic carbocycles. The van der Waals surface area contributed by atoms with E-state index in [4.69, 9.17) is 10.5 Å². The number of rotatable bonds is 12. The van der Waals surface area contributed by atoms with Crippen molar-refractivity contribution in [1.82, 2.24) is 24.0 Å². The number of amides is 2. The summed E-state index contributed by atoms with van der Waals surface area (Å²) in [6.45, 7) is 5.07. The molecule has 2 heterocycles. The fourth-order valence-corrected chi connectivity index (χ4v) is 4.84. The maximum atomic E-state index is 13.6. The van der Waals surface area contributed by atoms with E-state index in [1.807, 2.05) is 32.1 Å². The second-order valence-electron chi connectivity index (χ2n) is 10.6. The molecule has 1 aliphatic rings. The Morgan fingerprint density at radius 2 is 1.88 bits per heavy atom. The topological polar surface area (TPSA) is 153 Å². The average molecular weight is 586 g/mol. The summed E-state index contributed by atoms with van der Waals surface area (Å²) in [7, 11) is 7.47. The van der Waals surface area contributed by atoms with Crippen LogP contribution in [0.1, 0.15) is 29.2 Å². The SMILES string of the molecule is C=CC(=O)Nc1cc(Nc2nccc(-n3c(=O)n(C4CC4)c4cc(C(N)=O)ccc43)n2)c(OC)cc1N(C)CCN(C)C. The van der Waals surface area contributed by atoms with Gasteiger partial charge in [0.05, 0.1) is 35.2 Å². The number of nitrogens with one attached hydrogen (secondary N) is 2. The van der Waals surface area contributed by atoms with Gasteiger partial charge >= 0.3 is 5.69 Å². The zero-order chi connectivity index (χ0) is 30.8. The lowest BCUT2D eigenvalue weighted by Gasteiger charge is -2.26. The third-order valence-electron chi connectivity index (χ3n) is 7.24. The van der Waals surface area contributed by atoms with Crippen LogP contribution in [0.25, 0.3) is 16.9 Å². The number of hydrogen-bond donors (Lipinski definition) is 3. The Kier molecular flexibility index (Phi) is 8.17. The van der Waals surface area contributed by atoms with Gasteiger partial charge in [-0.3, -0.25) is 14.2 Å². The molecule has 2 aromatic heterocycles. The van der Waals surface area contributed by atoms with Crippen LogP contribution >= 0.6 is 0 Å². The molecule has 0 bridgehead atoms. The van der Waals surface area contributed by atoms with E-state index in [1.54, 1.807) is 48.2 Å². The largest absolute Gasteiger partial charge is 0.494 e. The zero-order valence-electron chi connectivity index (χ0n) is 24.6. The van der Waals surface area contributed by atoms with E-state index in [0.717, 1.165) is 25.1 Å². The van der Waals surface area contributed by atoms with Crippen LogP contribution < -0.4 is 31.7 Å². The van der Waals surface area contributed by atoms with Crippen molar-refractivity contribution in [3.8, 4) is 11.6 Å². The molecular formula is C30H35N9O4. The molecular weight excluding hydrogens is 550 g/mol. The number of imidazole rings is 1. The van der Waals surface area contributed by atoms with Crippen LogP contribution in [-0.4, -0.2) is 77.2 Å². The van der Waals surface area contributed by atoms with E-state index in [-0.39, 0.29) is 23.6 Å². The van der Waals surface area contributed by atoms with Gasteiger partial charge in [-0.25, -0.2) is 14.3 Å². The average Bonchev–Trinajstić information content (AvgIpc) is 3.77. The molecule has 2 amide bonds. The lowest BCUT2D eigenvalue weighted by atomic mass is 10.2. The van der Waals surface area contributed by atoms with Gasteiger partial charge in [0, 0.05) is 50.1 Å². The smallest absolute Gasteiger partial charge is 0.335 e. The first-order valence-electron chi connectivity index (χ1n) is 13.8. The molecule has 1 fully saturated rings. The van der Waals surface area contributed by atoms with Crippen molar-refractivity contribution < 1.29 is 14.3 Å². The highest BCUT2D eigenvalue weighted by Crippen LogP contribution is 2.39. The number of fused-ring (bicyclic) bond motifs is 1. The van der Waals surface area contributed by atoms with Crippen molar-refractivity contribution >= 4 is 45.9 Å². The highest BCUT2D eigenvalue weighted by molar-refractivity contribution is 6.02. The Morgan fingerprint density at radius 1 is 1.12 bits per heavy atom. The van der Waals surface area contributed by atoms with Crippen molar-refractivity contribution in [3.05, 3.63) is 71.3 Å². The van der Waals surface area contributed by atoms with Crippen LogP contribution in [0.2, 0.25) is 0 Å². The monoisotopic (exact) mass is 585 g/mol. The summed E-state index contributed by atoms with van der Waals surface area (Å²) in [4.78, 5) is 50.9. The molecule has 4 aromatic rings. The first kappa shape index (κ1) is 29.3. The molecule has 0 aliphatic heterocycles. The van der Waals surface area contributed by atoms with Gasteiger partial charge in [0.1, 0.15) is 11.6 Å². The number of carbonyl (C=O) groups is 2. The van der Waals surface area contributed by atoms with E-state index in [9.17, 15) is 14.4 Å². The van der Waals surface area contributed by atoms with Crippen LogP contribution in [0.3, 0.4) is 0 Å². The second kappa shape index (κ2) is 12.0. The summed E-state index contributed by atoms with van der Waals surface area (Å²) in [6.07, 6.45) is 4.50. The number of benzene rings is 2. The van der Waals surface area contributed by atoms with Crippen LogP contribution in [-0.2, 0) is 4.79 Å². The molecule has 4 N–H and O–H groups in total. The second-order valence-corrected chi connectivity index (χ2v) is 10.6. The molecule has 0 unspecified atom stereocenters. The van der Waals surface area contributed by atoms with E-state index in [2.05, 4.69) is 32.1 Å². The lowest BCUT2D eigenvalue weighted by Crippen LogP contribution is -2.29. The number of primary amides is 1. The van der Waals surface area contributed by atoms with Crippen molar-refractivity contribution in [2.24, 2.45) is 5.73 Å². The van der Waals surface area contributed by atoms with Gasteiger partial charge in [0.2, 0.25) is 17.8 Å². The van der Waals surface area contributed by atoms with E-state index >= 15 is 0 Å². The van der Waals surface area contributed by atoms with Crippen molar-refractivity contribution in [2.75, 3.05) is 56.9 Å². The van der Waals surface area contributed by atoms with Gasteiger partial charge in [0.15, 0.2) is 0 Å². The van der Waals surface area contributed by atoms with Crippen molar-refractivity contribution in [1.29, 1.82) is 0 Å². The predicted octanol–water partition coefficient (Wildman–Crippen LogP) is 2.89. The minimum absolute atomic E-state index is 0.0571. The Hall–Kier alpha value is -5.17. The maximum absolute atomic E-state index is 13.6. The summed E-state index contributed by atoms with van der Waals surface area (Å²) in [5, 5.41) is 6.05. The molecule has 0 saturated heterocycles. The van der Waals surface area contributed by atoms with E-state index < -0.39 is 5.91 Å². The van der Waals surface area contributed by atoms with E-state index in [1.165, 1.54) is 10.6 Å². The number of ether oxygens (including phenoxy) is 1. The summed E-state index contributed by atoms with van der Waals surface area (Å²) >= 11 is 0. The molecule has 2 aromatic carbocycles. The fraction of sp³-hybridized carbons (Fsp3) is 0.300. The molecule has 1 saturated carbocycles. The minimum Gasteiger partial charge on any atom is -0.494 e.